The fraction of sp³-hybridized carbons (Fsp3) is 0.636. The minimum absolute atomic E-state index is 0.514. The molecule has 0 aromatic carbocycles. The van der Waals surface area contributed by atoms with Crippen LogP contribution in [0.5, 0.6) is 0 Å². The Balaban J connectivity index is 0.000000281. The minimum Gasteiger partial charge on any atom is -0.0873 e. The van der Waals surface area contributed by atoms with E-state index in [9.17, 15) is 0 Å². The largest absolute Gasteiger partial charge is 0.0873 e. The summed E-state index contributed by atoms with van der Waals surface area (Å²) in [5, 5.41) is 0. The van der Waals surface area contributed by atoms with Gasteiger partial charge in [0.25, 0.3) is 0 Å². The Morgan fingerprint density at radius 1 is 1.27 bits per heavy atom. The van der Waals surface area contributed by atoms with Crippen molar-refractivity contribution in [2.24, 2.45) is 11.3 Å². The van der Waals surface area contributed by atoms with E-state index in [-0.39, 0.29) is 0 Å². The SMILES string of the molecule is CC.CC12C=CCC1C=CC2. The van der Waals surface area contributed by atoms with E-state index in [0.717, 1.165) is 5.92 Å². The highest BCUT2D eigenvalue weighted by Crippen LogP contribution is 2.45. The van der Waals surface area contributed by atoms with Crippen LogP contribution in [-0.2, 0) is 0 Å². The lowest BCUT2D eigenvalue weighted by atomic mass is 9.83. The van der Waals surface area contributed by atoms with Crippen LogP contribution in [0, 0.1) is 11.3 Å². The van der Waals surface area contributed by atoms with Crippen LogP contribution in [-0.4, -0.2) is 0 Å². The van der Waals surface area contributed by atoms with Gasteiger partial charge in [-0.2, -0.15) is 0 Å². The molecule has 0 bridgehead atoms. The molecule has 0 N–H and O–H groups in total. The first-order chi connectivity index (χ1) is 5.31. The number of hydrogen-bond donors (Lipinski definition) is 0. The van der Waals surface area contributed by atoms with E-state index in [2.05, 4.69) is 31.2 Å². The highest BCUT2D eigenvalue weighted by molar-refractivity contribution is 5.21. The highest BCUT2D eigenvalue weighted by Gasteiger charge is 2.34. The molecule has 2 rings (SSSR count). The van der Waals surface area contributed by atoms with Crippen LogP contribution in [0.3, 0.4) is 0 Å². The molecule has 0 fully saturated rings. The number of fused-ring (bicyclic) bond motifs is 1. The molecule has 0 radical (unpaired) electrons. The summed E-state index contributed by atoms with van der Waals surface area (Å²) in [7, 11) is 0. The van der Waals surface area contributed by atoms with Crippen LogP contribution in [0.25, 0.3) is 0 Å². The summed E-state index contributed by atoms with van der Waals surface area (Å²) in [6.07, 6.45) is 11.9. The Morgan fingerprint density at radius 3 is 2.64 bits per heavy atom. The second-order valence-corrected chi connectivity index (χ2v) is 3.38. The van der Waals surface area contributed by atoms with E-state index in [1.807, 2.05) is 13.8 Å². The summed E-state index contributed by atoms with van der Waals surface area (Å²) in [5.74, 6) is 0.831. The lowest BCUT2D eigenvalue weighted by Gasteiger charge is -2.21. The van der Waals surface area contributed by atoms with Crippen molar-refractivity contribution in [1.82, 2.24) is 0 Å². The maximum Gasteiger partial charge on any atom is -0.00464 e. The van der Waals surface area contributed by atoms with Crippen molar-refractivity contribution >= 4 is 0 Å². The van der Waals surface area contributed by atoms with Crippen LogP contribution in [0.4, 0.5) is 0 Å². The van der Waals surface area contributed by atoms with Crippen LogP contribution in [0.2, 0.25) is 0 Å². The Kier molecular flexibility index (Phi) is 2.53. The smallest absolute Gasteiger partial charge is 0.00464 e. The monoisotopic (exact) mass is 150 g/mol. The second-order valence-electron chi connectivity index (χ2n) is 3.38. The van der Waals surface area contributed by atoms with Crippen LogP contribution in [0.1, 0.15) is 33.6 Å². The zero-order valence-corrected chi connectivity index (χ0v) is 7.80. The van der Waals surface area contributed by atoms with Gasteiger partial charge in [0.15, 0.2) is 0 Å². The van der Waals surface area contributed by atoms with Crippen molar-refractivity contribution in [3.05, 3.63) is 24.3 Å². The molecule has 2 unspecified atom stereocenters. The third kappa shape index (κ3) is 1.40. The molecule has 2 aliphatic carbocycles. The Bertz CT molecular complexity index is 176. The molecule has 11 heavy (non-hydrogen) atoms. The van der Waals surface area contributed by atoms with Crippen molar-refractivity contribution in [1.29, 1.82) is 0 Å². The van der Waals surface area contributed by atoms with Gasteiger partial charge < -0.3 is 0 Å². The molecule has 0 saturated carbocycles. The molecule has 0 heteroatoms. The van der Waals surface area contributed by atoms with E-state index in [1.165, 1.54) is 12.8 Å². The van der Waals surface area contributed by atoms with Crippen LogP contribution >= 0.6 is 0 Å². The third-order valence-electron chi connectivity index (χ3n) is 2.66. The van der Waals surface area contributed by atoms with Gasteiger partial charge in [-0.15, -0.1) is 0 Å². The summed E-state index contributed by atoms with van der Waals surface area (Å²) < 4.78 is 0. The molecule has 0 spiro atoms. The zero-order chi connectivity index (χ0) is 8.32. The summed E-state index contributed by atoms with van der Waals surface area (Å²) >= 11 is 0. The van der Waals surface area contributed by atoms with E-state index in [1.54, 1.807) is 0 Å². The maximum atomic E-state index is 2.37. The van der Waals surface area contributed by atoms with E-state index in [0.29, 0.717) is 5.41 Å². The molecule has 0 saturated heterocycles. The van der Waals surface area contributed by atoms with Crippen molar-refractivity contribution < 1.29 is 0 Å². The van der Waals surface area contributed by atoms with E-state index < -0.39 is 0 Å². The van der Waals surface area contributed by atoms with E-state index in [4.69, 9.17) is 0 Å². The highest BCUT2D eigenvalue weighted by atomic mass is 14.4. The fourth-order valence-corrected chi connectivity index (χ4v) is 1.88. The lowest BCUT2D eigenvalue weighted by molar-refractivity contribution is 0.364. The second kappa shape index (κ2) is 3.25. The first-order valence-corrected chi connectivity index (χ1v) is 4.66. The standard InChI is InChI=1S/C9H12.C2H6/c1-9-6-2-4-8(9)5-3-7-9;1-2/h2-4,7-8H,5-6H2,1H3;1-2H3. The van der Waals surface area contributed by atoms with Crippen molar-refractivity contribution in [3.63, 3.8) is 0 Å². The summed E-state index contributed by atoms with van der Waals surface area (Å²) in [6.45, 7) is 6.35. The lowest BCUT2D eigenvalue weighted by Crippen LogP contribution is -2.13. The third-order valence-corrected chi connectivity index (χ3v) is 2.66. The van der Waals surface area contributed by atoms with Gasteiger partial charge in [0.1, 0.15) is 0 Å². The normalized spacial score (nSPS) is 38.3. The van der Waals surface area contributed by atoms with Crippen LogP contribution < -0.4 is 0 Å². The molecule has 0 nitrogen and oxygen atoms in total. The van der Waals surface area contributed by atoms with Gasteiger partial charge in [0.05, 0.1) is 0 Å². The van der Waals surface area contributed by atoms with Gasteiger partial charge in [0, 0.05) is 0 Å². The van der Waals surface area contributed by atoms with Gasteiger partial charge in [-0.1, -0.05) is 45.1 Å². The number of hydrogen-bond acceptors (Lipinski definition) is 0. The van der Waals surface area contributed by atoms with Crippen LogP contribution in [0.15, 0.2) is 24.3 Å². The van der Waals surface area contributed by atoms with E-state index >= 15 is 0 Å². The Hall–Kier alpha value is -0.520. The van der Waals surface area contributed by atoms with Gasteiger partial charge in [-0.3, -0.25) is 0 Å². The van der Waals surface area contributed by atoms with Crippen molar-refractivity contribution in [3.8, 4) is 0 Å². The summed E-state index contributed by atoms with van der Waals surface area (Å²) in [4.78, 5) is 0. The quantitative estimate of drug-likeness (QED) is 0.463. The molecule has 0 aliphatic heterocycles. The van der Waals surface area contributed by atoms with Gasteiger partial charge in [0.2, 0.25) is 0 Å². The predicted molar refractivity (Wildman–Crippen MR) is 50.5 cm³/mol. The Labute approximate surface area is 70.0 Å². The molecule has 0 aromatic heterocycles. The maximum absolute atomic E-state index is 2.37. The van der Waals surface area contributed by atoms with Gasteiger partial charge in [-0.25, -0.2) is 0 Å². The molecular weight excluding hydrogens is 132 g/mol. The number of allylic oxidation sites excluding steroid dienone is 4. The summed E-state index contributed by atoms with van der Waals surface area (Å²) in [6, 6.07) is 0. The van der Waals surface area contributed by atoms with Crippen molar-refractivity contribution in [2.75, 3.05) is 0 Å². The topological polar surface area (TPSA) is 0 Å². The molecule has 0 amide bonds. The average molecular weight is 150 g/mol. The molecule has 2 atom stereocenters. The fourth-order valence-electron chi connectivity index (χ4n) is 1.88. The molecular formula is C11H18. The zero-order valence-electron chi connectivity index (χ0n) is 7.80. The molecule has 0 heterocycles. The Morgan fingerprint density at radius 2 is 2.00 bits per heavy atom. The van der Waals surface area contributed by atoms with Gasteiger partial charge >= 0.3 is 0 Å². The average Bonchev–Trinajstić information content (AvgIpc) is 2.49. The molecule has 62 valence electrons. The summed E-state index contributed by atoms with van der Waals surface area (Å²) in [5.41, 5.74) is 0.514. The molecule has 2 aliphatic rings. The number of rotatable bonds is 0. The first-order valence-electron chi connectivity index (χ1n) is 4.66. The minimum atomic E-state index is 0.514. The van der Waals surface area contributed by atoms with Gasteiger partial charge in [-0.05, 0) is 24.2 Å². The predicted octanol–water partition coefficient (Wildman–Crippen LogP) is 3.55. The molecule has 0 aromatic rings. The van der Waals surface area contributed by atoms with Crippen molar-refractivity contribution in [2.45, 2.75) is 33.6 Å². The first kappa shape index (κ1) is 8.58.